The molecule has 0 aliphatic heterocycles. The predicted molar refractivity (Wildman–Crippen MR) is 36.3 cm³/mol. The Balaban J connectivity index is 4.08. The molecule has 0 aliphatic rings. The molecular formula is C6H13NO3. The van der Waals surface area contributed by atoms with E-state index < -0.39 is 11.5 Å². The number of aliphatic hydroxyl groups is 1. The highest BCUT2D eigenvalue weighted by Crippen LogP contribution is 2.12. The van der Waals surface area contributed by atoms with Gasteiger partial charge in [-0.15, -0.1) is 0 Å². The van der Waals surface area contributed by atoms with Crippen LogP contribution in [0.25, 0.3) is 0 Å². The summed E-state index contributed by atoms with van der Waals surface area (Å²) in [7, 11) is 1.39. The third kappa shape index (κ3) is 1.97. The van der Waals surface area contributed by atoms with Crippen LogP contribution in [0.1, 0.15) is 13.3 Å². The van der Waals surface area contributed by atoms with Crippen LogP contribution >= 0.6 is 0 Å². The number of hydrogen-bond donors (Lipinski definition) is 2. The van der Waals surface area contributed by atoms with Gasteiger partial charge in [0.2, 0.25) is 5.91 Å². The van der Waals surface area contributed by atoms with E-state index >= 15 is 0 Å². The molecule has 0 aromatic heterocycles. The number of methoxy groups -OCH3 is 1. The second kappa shape index (κ2) is 3.53. The van der Waals surface area contributed by atoms with Gasteiger partial charge < -0.3 is 15.6 Å². The maximum atomic E-state index is 10.6. The van der Waals surface area contributed by atoms with Crippen molar-refractivity contribution in [3.63, 3.8) is 0 Å². The number of amides is 1. The molecule has 0 spiro atoms. The summed E-state index contributed by atoms with van der Waals surface area (Å²) in [4.78, 5) is 10.6. The lowest BCUT2D eigenvalue weighted by Crippen LogP contribution is -2.43. The number of aliphatic hydroxyl groups excluding tert-OH is 1. The van der Waals surface area contributed by atoms with Gasteiger partial charge >= 0.3 is 0 Å². The van der Waals surface area contributed by atoms with Gasteiger partial charge in [0.25, 0.3) is 0 Å². The van der Waals surface area contributed by atoms with Crippen LogP contribution in [0.4, 0.5) is 0 Å². The summed E-state index contributed by atoms with van der Waals surface area (Å²) in [5.41, 5.74) is 3.97. The predicted octanol–water partition coefficient (Wildman–Crippen LogP) is -0.741. The summed E-state index contributed by atoms with van der Waals surface area (Å²) in [6.07, 6.45) is 0.235. The van der Waals surface area contributed by atoms with Crippen molar-refractivity contribution in [1.29, 1.82) is 0 Å². The van der Waals surface area contributed by atoms with Crippen LogP contribution in [0, 0.1) is 0 Å². The smallest absolute Gasteiger partial charge is 0.249 e. The first-order chi connectivity index (χ1) is 4.56. The molecule has 0 saturated heterocycles. The molecule has 0 fully saturated rings. The number of rotatable bonds is 4. The Morgan fingerprint density at radius 2 is 2.30 bits per heavy atom. The Morgan fingerprint density at radius 3 is 2.40 bits per heavy atom. The number of ether oxygens (including phenoxy) is 1. The summed E-state index contributed by atoms with van der Waals surface area (Å²) >= 11 is 0. The molecule has 3 N–H and O–H groups in total. The summed E-state index contributed by atoms with van der Waals surface area (Å²) < 4.78 is 4.81. The molecule has 4 heteroatoms. The molecule has 0 bridgehead atoms. The molecule has 60 valence electrons. The van der Waals surface area contributed by atoms with Crippen LogP contribution in [-0.2, 0) is 9.53 Å². The van der Waals surface area contributed by atoms with Crippen molar-refractivity contribution in [3.8, 4) is 0 Å². The quantitative estimate of drug-likeness (QED) is 0.550. The molecule has 0 aliphatic carbocycles. The maximum absolute atomic E-state index is 10.6. The van der Waals surface area contributed by atoms with E-state index in [-0.39, 0.29) is 13.0 Å². The molecule has 0 radical (unpaired) electrons. The zero-order valence-electron chi connectivity index (χ0n) is 6.26. The zero-order valence-corrected chi connectivity index (χ0v) is 6.26. The molecule has 0 aromatic carbocycles. The molecule has 0 saturated carbocycles. The van der Waals surface area contributed by atoms with E-state index in [4.69, 9.17) is 15.6 Å². The highest BCUT2D eigenvalue weighted by Gasteiger charge is 2.29. The van der Waals surface area contributed by atoms with Crippen LogP contribution in [0.5, 0.6) is 0 Å². The molecule has 1 unspecified atom stereocenters. The number of carbonyl (C=O) groups is 1. The lowest BCUT2D eigenvalue weighted by molar-refractivity contribution is -0.139. The largest absolute Gasteiger partial charge is 0.396 e. The minimum Gasteiger partial charge on any atom is -0.396 e. The molecule has 0 aromatic rings. The van der Waals surface area contributed by atoms with Gasteiger partial charge in [0.05, 0.1) is 0 Å². The minimum absolute atomic E-state index is 0.104. The highest BCUT2D eigenvalue weighted by atomic mass is 16.5. The van der Waals surface area contributed by atoms with Gasteiger partial charge in [0, 0.05) is 20.1 Å². The monoisotopic (exact) mass is 147 g/mol. The number of nitrogens with two attached hydrogens (primary N) is 1. The van der Waals surface area contributed by atoms with E-state index in [1.54, 1.807) is 6.92 Å². The van der Waals surface area contributed by atoms with Gasteiger partial charge in [0.15, 0.2) is 0 Å². The van der Waals surface area contributed by atoms with E-state index in [1.165, 1.54) is 7.11 Å². The summed E-state index contributed by atoms with van der Waals surface area (Å²) in [5.74, 6) is -0.552. The second-order valence-electron chi connectivity index (χ2n) is 2.27. The SMILES string of the molecule is COC(C)(CCO)C(N)=O. The standard InChI is InChI=1S/C6H13NO3/c1-6(10-2,3-4-8)5(7)9/h8H,3-4H2,1-2H3,(H2,7,9). The molecule has 10 heavy (non-hydrogen) atoms. The van der Waals surface area contributed by atoms with Crippen molar-refractivity contribution in [2.45, 2.75) is 18.9 Å². The third-order valence-electron chi connectivity index (χ3n) is 1.56. The molecule has 1 amide bonds. The molecule has 1 atom stereocenters. The van der Waals surface area contributed by atoms with E-state index in [0.717, 1.165) is 0 Å². The average Bonchev–Trinajstić information content (AvgIpc) is 1.88. The Hall–Kier alpha value is -0.610. The number of carbonyl (C=O) groups excluding carboxylic acids is 1. The zero-order chi connectivity index (χ0) is 8.20. The van der Waals surface area contributed by atoms with Crippen molar-refractivity contribution in [3.05, 3.63) is 0 Å². The third-order valence-corrected chi connectivity index (χ3v) is 1.56. The molecule has 0 heterocycles. The minimum atomic E-state index is -1.02. The van der Waals surface area contributed by atoms with Crippen molar-refractivity contribution in [2.24, 2.45) is 5.73 Å². The summed E-state index contributed by atoms with van der Waals surface area (Å²) in [6, 6.07) is 0. The van der Waals surface area contributed by atoms with E-state index in [1.807, 2.05) is 0 Å². The Bertz CT molecular complexity index is 126. The lowest BCUT2D eigenvalue weighted by atomic mass is 10.0. The van der Waals surface area contributed by atoms with Crippen LogP contribution in [0.3, 0.4) is 0 Å². The Kier molecular flexibility index (Phi) is 3.32. The van der Waals surface area contributed by atoms with Crippen molar-refractivity contribution in [2.75, 3.05) is 13.7 Å². The fourth-order valence-corrected chi connectivity index (χ4v) is 0.539. The van der Waals surface area contributed by atoms with Gasteiger partial charge in [-0.05, 0) is 6.92 Å². The Labute approximate surface area is 60.0 Å². The molecule has 4 nitrogen and oxygen atoms in total. The lowest BCUT2D eigenvalue weighted by Gasteiger charge is -2.22. The number of primary amides is 1. The molecular weight excluding hydrogens is 134 g/mol. The van der Waals surface area contributed by atoms with Gasteiger partial charge in [-0.25, -0.2) is 0 Å². The second-order valence-corrected chi connectivity index (χ2v) is 2.27. The fraction of sp³-hybridized carbons (Fsp3) is 0.833. The van der Waals surface area contributed by atoms with Crippen molar-refractivity contribution >= 4 is 5.91 Å². The highest BCUT2D eigenvalue weighted by molar-refractivity contribution is 5.82. The van der Waals surface area contributed by atoms with Crippen LogP contribution in [-0.4, -0.2) is 30.3 Å². The van der Waals surface area contributed by atoms with Crippen molar-refractivity contribution in [1.82, 2.24) is 0 Å². The first kappa shape index (κ1) is 9.39. The van der Waals surface area contributed by atoms with Gasteiger partial charge in [-0.2, -0.15) is 0 Å². The number of hydrogen-bond acceptors (Lipinski definition) is 3. The maximum Gasteiger partial charge on any atom is 0.249 e. The summed E-state index contributed by atoms with van der Waals surface area (Å²) in [6.45, 7) is 1.44. The topological polar surface area (TPSA) is 72.6 Å². The molecule has 0 rings (SSSR count). The van der Waals surface area contributed by atoms with Crippen molar-refractivity contribution < 1.29 is 14.6 Å². The van der Waals surface area contributed by atoms with Gasteiger partial charge in [-0.3, -0.25) is 4.79 Å². The van der Waals surface area contributed by atoms with E-state index in [2.05, 4.69) is 0 Å². The first-order valence-electron chi connectivity index (χ1n) is 3.02. The van der Waals surface area contributed by atoms with E-state index in [0.29, 0.717) is 0 Å². The fourth-order valence-electron chi connectivity index (χ4n) is 0.539. The normalized spacial score (nSPS) is 16.3. The van der Waals surface area contributed by atoms with Crippen LogP contribution in [0.2, 0.25) is 0 Å². The van der Waals surface area contributed by atoms with Gasteiger partial charge in [-0.1, -0.05) is 0 Å². The Morgan fingerprint density at radius 1 is 1.80 bits per heavy atom. The average molecular weight is 147 g/mol. The first-order valence-corrected chi connectivity index (χ1v) is 3.02. The van der Waals surface area contributed by atoms with Crippen LogP contribution in [0.15, 0.2) is 0 Å². The summed E-state index contributed by atoms with van der Waals surface area (Å²) in [5, 5.41) is 8.49. The van der Waals surface area contributed by atoms with E-state index in [9.17, 15) is 4.79 Å². The van der Waals surface area contributed by atoms with Crippen LogP contribution < -0.4 is 5.73 Å². The van der Waals surface area contributed by atoms with Gasteiger partial charge in [0.1, 0.15) is 5.60 Å².